The molecule has 6 heteroatoms. The molecule has 1 saturated heterocycles. The van der Waals surface area contributed by atoms with Crippen LogP contribution < -0.4 is 5.32 Å². The summed E-state index contributed by atoms with van der Waals surface area (Å²) in [5.74, 6) is 1.37. The number of nitrogens with zero attached hydrogens (tertiary/aromatic N) is 5. The van der Waals surface area contributed by atoms with E-state index in [0.717, 1.165) is 19.0 Å². The molecule has 148 valence electrons. The fraction of sp³-hybridized carbons (Fsp3) is 0.800. The van der Waals surface area contributed by atoms with Gasteiger partial charge in [-0.05, 0) is 39.2 Å². The van der Waals surface area contributed by atoms with Gasteiger partial charge in [0.15, 0.2) is 5.96 Å². The Morgan fingerprint density at radius 2 is 2.12 bits per heavy atom. The van der Waals surface area contributed by atoms with Gasteiger partial charge >= 0.3 is 0 Å². The van der Waals surface area contributed by atoms with E-state index in [2.05, 4.69) is 66.1 Å². The zero-order valence-corrected chi connectivity index (χ0v) is 17.8. The third kappa shape index (κ3) is 5.22. The number of hydrogen-bond acceptors (Lipinski definition) is 3. The van der Waals surface area contributed by atoms with Gasteiger partial charge in [-0.25, -0.2) is 0 Å². The van der Waals surface area contributed by atoms with Crippen LogP contribution in [0.1, 0.15) is 64.1 Å². The molecule has 26 heavy (non-hydrogen) atoms. The molecule has 2 unspecified atom stereocenters. The number of aryl methyl sites for hydroxylation is 1. The van der Waals surface area contributed by atoms with Gasteiger partial charge in [0.1, 0.15) is 0 Å². The minimum absolute atomic E-state index is 0.426. The number of aliphatic imine (C=N–C) groups is 1. The number of hydrogen-bond donors (Lipinski definition) is 1. The van der Waals surface area contributed by atoms with Crippen molar-refractivity contribution >= 4 is 5.96 Å². The predicted octanol–water partition coefficient (Wildman–Crippen LogP) is 2.81. The Bertz CT molecular complexity index is 591. The van der Waals surface area contributed by atoms with Crippen LogP contribution >= 0.6 is 0 Å². The fourth-order valence-corrected chi connectivity index (χ4v) is 4.01. The van der Waals surface area contributed by atoms with Gasteiger partial charge in [0, 0.05) is 58.1 Å². The second kappa shape index (κ2) is 9.40. The van der Waals surface area contributed by atoms with Crippen LogP contribution in [0, 0.1) is 0 Å². The third-order valence-electron chi connectivity index (χ3n) is 5.44. The summed E-state index contributed by atoms with van der Waals surface area (Å²) in [4.78, 5) is 9.30. The number of rotatable bonds is 6. The van der Waals surface area contributed by atoms with E-state index < -0.39 is 0 Å². The average Bonchev–Trinajstić information content (AvgIpc) is 2.96. The van der Waals surface area contributed by atoms with Gasteiger partial charge in [-0.1, -0.05) is 20.3 Å². The molecular weight excluding hydrogens is 324 g/mol. The van der Waals surface area contributed by atoms with E-state index in [0.29, 0.717) is 18.0 Å². The highest BCUT2D eigenvalue weighted by Crippen LogP contribution is 2.20. The topological polar surface area (TPSA) is 48.7 Å². The second-order valence-corrected chi connectivity index (χ2v) is 8.08. The fourth-order valence-electron chi connectivity index (χ4n) is 4.01. The molecule has 0 spiro atoms. The predicted molar refractivity (Wildman–Crippen MR) is 110 cm³/mol. The summed E-state index contributed by atoms with van der Waals surface area (Å²) in [6.07, 6.45) is 6.13. The van der Waals surface area contributed by atoms with E-state index in [-0.39, 0.29) is 0 Å². The maximum Gasteiger partial charge on any atom is 0.193 e. The molecule has 2 heterocycles. The molecule has 1 aromatic heterocycles. The van der Waals surface area contributed by atoms with Crippen LogP contribution in [0.15, 0.2) is 11.2 Å². The number of nitrogens with one attached hydrogen (secondary N) is 1. The molecule has 1 N–H and O–H groups in total. The first kappa shape index (κ1) is 20.7. The smallest absolute Gasteiger partial charge is 0.193 e. The number of aromatic nitrogens is 2. The number of piperidine rings is 1. The zero-order chi connectivity index (χ0) is 19.3. The monoisotopic (exact) mass is 362 g/mol. The minimum atomic E-state index is 0.426. The molecule has 0 aromatic carbocycles. The van der Waals surface area contributed by atoms with Gasteiger partial charge in [-0.3, -0.25) is 14.6 Å². The normalized spacial score (nSPS) is 20.5. The molecule has 2 atom stereocenters. The molecule has 1 aliphatic rings. The molecule has 6 nitrogen and oxygen atoms in total. The first-order valence-corrected chi connectivity index (χ1v) is 10.0. The lowest BCUT2D eigenvalue weighted by Crippen LogP contribution is -2.50. The van der Waals surface area contributed by atoms with Crippen molar-refractivity contribution in [3.05, 3.63) is 17.5 Å². The largest absolute Gasteiger partial charge is 0.355 e. The highest BCUT2D eigenvalue weighted by atomic mass is 15.3. The lowest BCUT2D eigenvalue weighted by Gasteiger charge is -2.38. The summed E-state index contributed by atoms with van der Waals surface area (Å²) in [6, 6.07) is 1.20. The van der Waals surface area contributed by atoms with E-state index in [1.807, 2.05) is 18.8 Å². The molecule has 2 rings (SSSR count). The summed E-state index contributed by atoms with van der Waals surface area (Å²) in [5, 5.41) is 8.18. The second-order valence-electron chi connectivity index (χ2n) is 8.08. The quantitative estimate of drug-likeness (QED) is 0.624. The van der Waals surface area contributed by atoms with Crippen molar-refractivity contribution < 1.29 is 0 Å². The van der Waals surface area contributed by atoms with E-state index in [1.54, 1.807) is 0 Å². The van der Waals surface area contributed by atoms with Gasteiger partial charge in [-0.2, -0.15) is 5.10 Å². The van der Waals surface area contributed by atoms with E-state index in [4.69, 9.17) is 0 Å². The Hall–Kier alpha value is -1.56. The molecule has 1 fully saturated rings. The van der Waals surface area contributed by atoms with Gasteiger partial charge in [0.25, 0.3) is 0 Å². The lowest BCUT2D eigenvalue weighted by molar-refractivity contribution is 0.115. The number of guanidine groups is 1. The maximum atomic E-state index is 4.62. The molecule has 0 radical (unpaired) electrons. The van der Waals surface area contributed by atoms with E-state index in [9.17, 15) is 0 Å². The van der Waals surface area contributed by atoms with Crippen molar-refractivity contribution in [2.45, 2.75) is 71.5 Å². The van der Waals surface area contributed by atoms with E-state index in [1.165, 1.54) is 37.1 Å². The first-order chi connectivity index (χ1) is 12.3. The molecule has 1 aliphatic heterocycles. The molecule has 0 bridgehead atoms. The van der Waals surface area contributed by atoms with Crippen molar-refractivity contribution in [1.82, 2.24) is 24.9 Å². The highest BCUT2D eigenvalue weighted by Gasteiger charge is 2.23. The Balaban J connectivity index is 1.93. The summed E-state index contributed by atoms with van der Waals surface area (Å²) in [7, 11) is 5.95. The van der Waals surface area contributed by atoms with Crippen LogP contribution in [-0.2, 0) is 13.6 Å². The van der Waals surface area contributed by atoms with E-state index >= 15 is 0 Å². The van der Waals surface area contributed by atoms with Gasteiger partial charge in [0.2, 0.25) is 0 Å². The van der Waals surface area contributed by atoms with Crippen molar-refractivity contribution in [1.29, 1.82) is 0 Å². The number of likely N-dealkylation sites (tertiary alicyclic amines) is 1. The van der Waals surface area contributed by atoms with Gasteiger partial charge < -0.3 is 10.2 Å². The van der Waals surface area contributed by atoms with Crippen molar-refractivity contribution in [3.63, 3.8) is 0 Å². The van der Waals surface area contributed by atoms with Crippen molar-refractivity contribution in [3.8, 4) is 0 Å². The Morgan fingerprint density at radius 1 is 1.38 bits per heavy atom. The molecule has 0 amide bonds. The molecule has 0 saturated carbocycles. The highest BCUT2D eigenvalue weighted by molar-refractivity contribution is 5.79. The average molecular weight is 363 g/mol. The molecule has 1 aromatic rings. The van der Waals surface area contributed by atoms with Crippen LogP contribution in [0.3, 0.4) is 0 Å². The van der Waals surface area contributed by atoms with Crippen LogP contribution in [0.4, 0.5) is 0 Å². The Morgan fingerprint density at radius 3 is 2.73 bits per heavy atom. The summed E-state index contributed by atoms with van der Waals surface area (Å²) in [6.45, 7) is 12.0. The Kier molecular flexibility index (Phi) is 7.50. The zero-order valence-electron chi connectivity index (χ0n) is 17.8. The van der Waals surface area contributed by atoms with Gasteiger partial charge in [-0.15, -0.1) is 0 Å². The standard InChI is InChI=1S/C20H38N6/c1-15(2)19-18(14-25(7)23-19)13-24(6)20(21-5)22-12-17(4)26-11-9-8-10-16(26)3/h14-17H,8-13H2,1-7H3,(H,21,22). The third-order valence-corrected chi connectivity index (χ3v) is 5.44. The van der Waals surface area contributed by atoms with Crippen molar-refractivity contribution in [2.24, 2.45) is 12.0 Å². The first-order valence-electron chi connectivity index (χ1n) is 10.0. The van der Waals surface area contributed by atoms with Crippen LogP contribution in [0.5, 0.6) is 0 Å². The van der Waals surface area contributed by atoms with Crippen LogP contribution in [0.25, 0.3) is 0 Å². The molecule has 0 aliphatic carbocycles. The minimum Gasteiger partial charge on any atom is -0.355 e. The van der Waals surface area contributed by atoms with Crippen LogP contribution in [-0.4, -0.2) is 64.8 Å². The van der Waals surface area contributed by atoms with Gasteiger partial charge in [0.05, 0.1) is 5.69 Å². The summed E-state index contributed by atoms with van der Waals surface area (Å²) in [5.41, 5.74) is 2.44. The Labute approximate surface area is 159 Å². The van der Waals surface area contributed by atoms with Crippen LogP contribution in [0.2, 0.25) is 0 Å². The summed E-state index contributed by atoms with van der Waals surface area (Å²) >= 11 is 0. The molecular formula is C20H38N6. The van der Waals surface area contributed by atoms with Crippen molar-refractivity contribution in [2.75, 3.05) is 27.2 Å². The SMILES string of the molecule is CN=C(NCC(C)N1CCCCC1C)N(C)Cc1cn(C)nc1C(C)C. The maximum absolute atomic E-state index is 4.62. The lowest BCUT2D eigenvalue weighted by atomic mass is 10.0. The summed E-state index contributed by atoms with van der Waals surface area (Å²) < 4.78 is 1.91.